The Morgan fingerprint density at radius 3 is 2.12 bits per heavy atom. The van der Waals surface area contributed by atoms with E-state index in [4.69, 9.17) is 4.42 Å². The largest absolute Gasteiger partial charge is 0.456 e. The number of fused-ring (bicyclic) bond motifs is 1. The van der Waals surface area contributed by atoms with Crippen LogP contribution in [-0.2, 0) is 5.41 Å². The average molecular weight is 427 g/mol. The number of nitrogens with one attached hydrogen (secondary N) is 1. The van der Waals surface area contributed by atoms with Gasteiger partial charge in [0.05, 0.1) is 5.36 Å². The molecule has 2 aromatic heterocycles. The van der Waals surface area contributed by atoms with Crippen molar-refractivity contribution >= 4 is 16.9 Å². The minimum atomic E-state index is 0.101. The Morgan fingerprint density at radius 2 is 1.50 bits per heavy atom. The van der Waals surface area contributed by atoms with Crippen molar-refractivity contribution in [2.75, 3.05) is 5.43 Å². The van der Waals surface area contributed by atoms with Gasteiger partial charge in [0.2, 0.25) is 5.95 Å². The molecule has 0 saturated heterocycles. The van der Waals surface area contributed by atoms with Crippen molar-refractivity contribution in [2.45, 2.75) is 53.9 Å². The molecule has 1 N–H and O–H groups in total. The summed E-state index contributed by atoms with van der Waals surface area (Å²) in [6.45, 7) is 14.7. The highest BCUT2D eigenvalue weighted by atomic mass is 16.3. The van der Waals surface area contributed by atoms with Crippen molar-refractivity contribution in [1.82, 2.24) is 9.97 Å². The first-order chi connectivity index (χ1) is 15.1. The summed E-state index contributed by atoms with van der Waals surface area (Å²) in [5.41, 5.74) is 10.3. The Balaban J connectivity index is 1.87. The van der Waals surface area contributed by atoms with E-state index in [0.29, 0.717) is 5.95 Å². The summed E-state index contributed by atoms with van der Waals surface area (Å²) in [5, 5.41) is 6.45. The van der Waals surface area contributed by atoms with E-state index in [9.17, 15) is 0 Å². The number of nitrogens with zero attached hydrogens (tertiary/aromatic N) is 3. The first-order valence-electron chi connectivity index (χ1n) is 10.9. The lowest BCUT2D eigenvalue weighted by molar-refractivity contribution is 0.589. The molecule has 0 radical (unpaired) electrons. The normalized spacial score (nSPS) is 12.4. The first-order valence-corrected chi connectivity index (χ1v) is 10.9. The van der Waals surface area contributed by atoms with Crippen LogP contribution in [0.15, 0.2) is 58.0 Å². The molecule has 164 valence electrons. The van der Waals surface area contributed by atoms with Gasteiger partial charge >= 0.3 is 0 Å². The SMILES string of the molecule is Cc1cc(C)c2/c(=N\Nc3nc(C)cc(C)n3)cc(-c3ccc(C(C)(C)C)cc3)oc2c1. The van der Waals surface area contributed by atoms with Gasteiger partial charge in [-0.1, -0.05) is 51.1 Å². The van der Waals surface area contributed by atoms with Crippen LogP contribution < -0.4 is 10.8 Å². The quantitative estimate of drug-likeness (QED) is 0.388. The second-order valence-corrected chi connectivity index (χ2v) is 9.48. The van der Waals surface area contributed by atoms with E-state index < -0.39 is 0 Å². The molecule has 0 saturated carbocycles. The highest BCUT2D eigenvalue weighted by Crippen LogP contribution is 2.28. The molecular weight excluding hydrogens is 396 g/mol. The average Bonchev–Trinajstić information content (AvgIpc) is 2.70. The molecule has 2 heterocycles. The Kier molecular flexibility index (Phi) is 5.59. The standard InChI is InChI=1S/C27H30N4O/c1-16-12-17(2)25-22(30-31-26-28-18(3)14-19(4)29-26)15-23(32-24(25)13-16)20-8-10-21(11-9-20)27(5,6)7/h8-15H,1-7H3,(H,28,29,31)/b30-22-. The predicted octanol–water partition coefficient (Wildman–Crippen LogP) is 6.35. The van der Waals surface area contributed by atoms with Gasteiger partial charge in [0.15, 0.2) is 0 Å². The van der Waals surface area contributed by atoms with E-state index in [0.717, 1.165) is 50.2 Å². The second-order valence-electron chi connectivity index (χ2n) is 9.48. The molecule has 0 bridgehead atoms. The van der Waals surface area contributed by atoms with Crippen LogP contribution in [0.25, 0.3) is 22.3 Å². The van der Waals surface area contributed by atoms with Gasteiger partial charge in [-0.15, -0.1) is 0 Å². The summed E-state index contributed by atoms with van der Waals surface area (Å²) < 4.78 is 6.35. The van der Waals surface area contributed by atoms with Gasteiger partial charge < -0.3 is 4.42 Å². The molecule has 0 unspecified atom stereocenters. The lowest BCUT2D eigenvalue weighted by Crippen LogP contribution is -2.11. The number of hydrogen-bond acceptors (Lipinski definition) is 5. The number of anilines is 1. The third-order valence-corrected chi connectivity index (χ3v) is 5.48. The molecule has 0 spiro atoms. The van der Waals surface area contributed by atoms with Crippen LogP contribution in [0.5, 0.6) is 0 Å². The molecular formula is C27H30N4O. The highest BCUT2D eigenvalue weighted by Gasteiger charge is 2.14. The number of aromatic nitrogens is 2. The van der Waals surface area contributed by atoms with E-state index >= 15 is 0 Å². The minimum absolute atomic E-state index is 0.101. The van der Waals surface area contributed by atoms with E-state index in [1.807, 2.05) is 26.0 Å². The van der Waals surface area contributed by atoms with Crippen molar-refractivity contribution in [3.63, 3.8) is 0 Å². The summed E-state index contributed by atoms with van der Waals surface area (Å²) in [7, 11) is 0. The fraction of sp³-hybridized carbons (Fsp3) is 0.296. The van der Waals surface area contributed by atoms with Crippen LogP contribution in [0.2, 0.25) is 0 Å². The number of benzene rings is 2. The molecule has 0 fully saturated rings. The summed E-state index contributed by atoms with van der Waals surface area (Å²) in [4.78, 5) is 8.88. The van der Waals surface area contributed by atoms with E-state index in [-0.39, 0.29) is 5.41 Å². The second kappa shape index (κ2) is 8.23. The molecule has 5 heteroatoms. The molecule has 0 amide bonds. The lowest BCUT2D eigenvalue weighted by Gasteiger charge is -2.19. The first kappa shape index (κ1) is 21.8. The van der Waals surface area contributed by atoms with E-state index in [2.05, 4.69) is 91.5 Å². The zero-order valence-electron chi connectivity index (χ0n) is 19.9. The van der Waals surface area contributed by atoms with Gasteiger partial charge in [0.25, 0.3) is 0 Å². The molecule has 0 atom stereocenters. The van der Waals surface area contributed by atoms with Crippen molar-refractivity contribution < 1.29 is 4.42 Å². The zero-order valence-corrected chi connectivity index (χ0v) is 19.9. The highest BCUT2D eigenvalue weighted by molar-refractivity contribution is 5.82. The van der Waals surface area contributed by atoms with Crippen LogP contribution in [0.4, 0.5) is 5.95 Å². The van der Waals surface area contributed by atoms with Crippen molar-refractivity contribution in [3.05, 3.63) is 82.0 Å². The zero-order chi connectivity index (χ0) is 23.0. The third-order valence-electron chi connectivity index (χ3n) is 5.48. The van der Waals surface area contributed by atoms with Gasteiger partial charge in [-0.05, 0) is 61.9 Å². The van der Waals surface area contributed by atoms with Crippen LogP contribution in [0.3, 0.4) is 0 Å². The fourth-order valence-electron chi connectivity index (χ4n) is 3.93. The van der Waals surface area contributed by atoms with Crippen LogP contribution in [0, 0.1) is 27.7 Å². The van der Waals surface area contributed by atoms with Crippen LogP contribution in [-0.4, -0.2) is 9.97 Å². The minimum Gasteiger partial charge on any atom is -0.456 e. The summed E-state index contributed by atoms with van der Waals surface area (Å²) >= 11 is 0. The van der Waals surface area contributed by atoms with Crippen molar-refractivity contribution in [1.29, 1.82) is 0 Å². The summed E-state index contributed by atoms with van der Waals surface area (Å²) in [6.07, 6.45) is 0. The summed E-state index contributed by atoms with van der Waals surface area (Å²) in [6, 6.07) is 16.7. The fourth-order valence-corrected chi connectivity index (χ4v) is 3.93. The summed E-state index contributed by atoms with van der Waals surface area (Å²) in [5.74, 6) is 1.25. The van der Waals surface area contributed by atoms with Gasteiger partial charge in [-0.25, -0.2) is 15.4 Å². The molecule has 2 aromatic carbocycles. The maximum atomic E-state index is 6.35. The van der Waals surface area contributed by atoms with Crippen LogP contribution >= 0.6 is 0 Å². The van der Waals surface area contributed by atoms with Crippen molar-refractivity contribution in [2.24, 2.45) is 5.10 Å². The predicted molar refractivity (Wildman–Crippen MR) is 131 cm³/mol. The third kappa shape index (κ3) is 4.57. The molecule has 32 heavy (non-hydrogen) atoms. The van der Waals surface area contributed by atoms with Gasteiger partial charge in [0, 0.05) is 28.4 Å². The Bertz CT molecular complexity index is 1340. The topological polar surface area (TPSA) is 63.3 Å². The van der Waals surface area contributed by atoms with Gasteiger partial charge in [-0.3, -0.25) is 0 Å². The lowest BCUT2D eigenvalue weighted by atomic mass is 9.86. The van der Waals surface area contributed by atoms with E-state index in [1.54, 1.807) is 0 Å². The number of aryl methyl sites for hydroxylation is 4. The molecule has 5 nitrogen and oxygen atoms in total. The van der Waals surface area contributed by atoms with Crippen molar-refractivity contribution in [3.8, 4) is 11.3 Å². The number of rotatable bonds is 3. The Labute approximate surface area is 189 Å². The molecule has 0 aliphatic carbocycles. The smallest absolute Gasteiger partial charge is 0.243 e. The maximum absolute atomic E-state index is 6.35. The maximum Gasteiger partial charge on any atom is 0.243 e. The molecule has 4 aromatic rings. The monoisotopic (exact) mass is 426 g/mol. The Hall–Kier alpha value is -3.47. The molecule has 0 aliphatic heterocycles. The van der Waals surface area contributed by atoms with Crippen LogP contribution in [0.1, 0.15) is 48.8 Å². The van der Waals surface area contributed by atoms with Gasteiger partial charge in [-0.2, -0.15) is 5.10 Å². The Morgan fingerprint density at radius 1 is 0.844 bits per heavy atom. The number of hydrogen-bond donors (Lipinski definition) is 1. The molecule has 0 aliphatic rings. The van der Waals surface area contributed by atoms with E-state index in [1.165, 1.54) is 5.56 Å². The van der Waals surface area contributed by atoms with Gasteiger partial charge in [0.1, 0.15) is 11.3 Å². The molecule has 4 rings (SSSR count).